The van der Waals surface area contributed by atoms with Crippen LogP contribution < -0.4 is 28.0 Å². The lowest BCUT2D eigenvalue weighted by atomic mass is 10.4. The summed E-state index contributed by atoms with van der Waals surface area (Å²) in [6.07, 6.45) is 0. The molecule has 16 heavy (non-hydrogen) atoms. The molecule has 0 radical (unpaired) electrons. The van der Waals surface area contributed by atoms with Crippen LogP contribution in [0.3, 0.4) is 0 Å². The van der Waals surface area contributed by atoms with Gasteiger partial charge in [-0.2, -0.15) is 0 Å². The van der Waals surface area contributed by atoms with Crippen molar-refractivity contribution in [3.63, 3.8) is 0 Å². The van der Waals surface area contributed by atoms with E-state index in [1.54, 1.807) is 6.92 Å². The Labute approximate surface area is 90.3 Å². The summed E-state index contributed by atoms with van der Waals surface area (Å²) in [6, 6.07) is 0. The van der Waals surface area contributed by atoms with Gasteiger partial charge in [-0.25, -0.2) is 4.79 Å². The zero-order valence-electron chi connectivity index (χ0n) is 8.74. The first-order chi connectivity index (χ1) is 7.47. The molecule has 0 aliphatic carbocycles. The van der Waals surface area contributed by atoms with Gasteiger partial charge in [0.05, 0.1) is 6.54 Å². The molecule has 88 valence electrons. The van der Waals surface area contributed by atoms with Gasteiger partial charge >= 0.3 is 5.69 Å². The first-order valence-corrected chi connectivity index (χ1v) is 4.62. The zero-order valence-corrected chi connectivity index (χ0v) is 8.74. The van der Waals surface area contributed by atoms with E-state index in [4.69, 9.17) is 11.5 Å². The Morgan fingerprint density at radius 3 is 2.62 bits per heavy atom. The Kier molecular flexibility index (Phi) is 3.33. The first-order valence-electron chi connectivity index (χ1n) is 4.62. The van der Waals surface area contributed by atoms with Gasteiger partial charge < -0.3 is 16.8 Å². The third kappa shape index (κ3) is 2.22. The van der Waals surface area contributed by atoms with Gasteiger partial charge in [0.1, 0.15) is 11.5 Å². The molecule has 6 N–H and O–H groups in total. The molecule has 0 fully saturated rings. The largest absolute Gasteiger partial charge is 0.383 e. The van der Waals surface area contributed by atoms with Crippen LogP contribution in [0.4, 0.5) is 11.5 Å². The number of H-pyrrole nitrogens is 1. The molecular weight excluding hydrogens is 214 g/mol. The summed E-state index contributed by atoms with van der Waals surface area (Å²) >= 11 is 0. The summed E-state index contributed by atoms with van der Waals surface area (Å²) in [5.74, 6) is -0.648. The van der Waals surface area contributed by atoms with Crippen molar-refractivity contribution in [1.82, 2.24) is 9.55 Å². The van der Waals surface area contributed by atoms with E-state index in [0.717, 1.165) is 0 Å². The second kappa shape index (κ2) is 4.51. The minimum atomic E-state index is -0.673. The second-order valence-corrected chi connectivity index (χ2v) is 3.08. The van der Waals surface area contributed by atoms with E-state index >= 15 is 0 Å². The van der Waals surface area contributed by atoms with Crippen LogP contribution in [-0.4, -0.2) is 22.0 Å². The second-order valence-electron chi connectivity index (χ2n) is 3.08. The number of hydrogen-bond acceptors (Lipinski definition) is 5. The quantitative estimate of drug-likeness (QED) is 0.473. The average Bonchev–Trinajstić information content (AvgIpc) is 2.16. The van der Waals surface area contributed by atoms with Crippen LogP contribution in [0.25, 0.3) is 0 Å². The molecule has 0 atom stereocenters. The Balaban J connectivity index is 3.23. The third-order valence-electron chi connectivity index (χ3n) is 2.00. The molecule has 8 heteroatoms. The van der Waals surface area contributed by atoms with Gasteiger partial charge in [0.15, 0.2) is 0 Å². The van der Waals surface area contributed by atoms with Gasteiger partial charge in [0.25, 0.3) is 5.56 Å². The van der Waals surface area contributed by atoms with E-state index in [9.17, 15) is 14.4 Å². The number of aromatic nitrogens is 2. The third-order valence-corrected chi connectivity index (χ3v) is 2.00. The number of amides is 1. The number of nitrogens with one attached hydrogen (secondary N) is 2. The summed E-state index contributed by atoms with van der Waals surface area (Å²) in [4.78, 5) is 35.3. The highest BCUT2D eigenvalue weighted by Crippen LogP contribution is 2.08. The monoisotopic (exact) mass is 227 g/mol. The van der Waals surface area contributed by atoms with Crippen LogP contribution in [-0.2, 0) is 11.3 Å². The predicted molar refractivity (Wildman–Crippen MR) is 59.1 cm³/mol. The smallest absolute Gasteiger partial charge is 0.330 e. The minimum Gasteiger partial charge on any atom is -0.383 e. The standard InChI is InChI=1S/C8H13N5O3/c1-2-13-6(10)5(11-3-4(9)14)7(15)12-8(13)16/h11H,2-3,10H2,1H3,(H2,9,14)(H,12,15,16). The van der Waals surface area contributed by atoms with Gasteiger partial charge in [-0.1, -0.05) is 0 Å². The van der Waals surface area contributed by atoms with Gasteiger partial charge in [-0.05, 0) is 6.92 Å². The summed E-state index contributed by atoms with van der Waals surface area (Å²) < 4.78 is 1.17. The number of aromatic amines is 1. The molecule has 0 aliphatic heterocycles. The Morgan fingerprint density at radius 2 is 2.12 bits per heavy atom. The first kappa shape index (κ1) is 11.8. The number of primary amides is 1. The lowest BCUT2D eigenvalue weighted by Gasteiger charge is -2.11. The number of carbonyl (C=O) groups excluding carboxylic acids is 1. The molecule has 0 aliphatic rings. The van der Waals surface area contributed by atoms with Gasteiger partial charge in [0.2, 0.25) is 5.91 Å². The topological polar surface area (TPSA) is 136 Å². The van der Waals surface area contributed by atoms with Crippen LogP contribution in [0, 0.1) is 0 Å². The molecule has 0 aromatic carbocycles. The van der Waals surface area contributed by atoms with Crippen molar-refractivity contribution in [1.29, 1.82) is 0 Å². The van der Waals surface area contributed by atoms with E-state index < -0.39 is 17.2 Å². The van der Waals surface area contributed by atoms with E-state index in [-0.39, 0.29) is 18.1 Å². The predicted octanol–water partition coefficient (Wildman–Crippen LogP) is -1.96. The van der Waals surface area contributed by atoms with Crippen LogP contribution in [0.1, 0.15) is 6.92 Å². The molecular formula is C8H13N5O3. The fourth-order valence-electron chi connectivity index (χ4n) is 1.25. The lowest BCUT2D eigenvalue weighted by molar-refractivity contribution is -0.116. The van der Waals surface area contributed by atoms with Gasteiger partial charge in [-0.15, -0.1) is 0 Å². The Hall–Kier alpha value is -2.25. The summed E-state index contributed by atoms with van der Waals surface area (Å²) in [7, 11) is 0. The number of hydrogen-bond donors (Lipinski definition) is 4. The van der Waals surface area contributed by atoms with Crippen LogP contribution in [0.2, 0.25) is 0 Å². The maximum atomic E-state index is 11.4. The summed E-state index contributed by atoms with van der Waals surface area (Å²) in [6.45, 7) is 1.79. The highest BCUT2D eigenvalue weighted by molar-refractivity contribution is 5.79. The molecule has 1 heterocycles. The molecule has 1 aromatic rings. The van der Waals surface area contributed by atoms with Crippen molar-refractivity contribution in [2.75, 3.05) is 17.6 Å². The fourth-order valence-corrected chi connectivity index (χ4v) is 1.25. The maximum absolute atomic E-state index is 11.4. The van der Waals surface area contributed by atoms with E-state index in [2.05, 4.69) is 10.3 Å². The zero-order chi connectivity index (χ0) is 12.3. The molecule has 1 aromatic heterocycles. The molecule has 0 saturated carbocycles. The molecule has 0 bridgehead atoms. The fraction of sp³-hybridized carbons (Fsp3) is 0.375. The van der Waals surface area contributed by atoms with E-state index in [1.807, 2.05) is 0 Å². The number of anilines is 2. The molecule has 1 amide bonds. The molecule has 0 unspecified atom stereocenters. The molecule has 0 spiro atoms. The number of rotatable bonds is 4. The number of nitrogens with zero attached hydrogens (tertiary/aromatic N) is 1. The van der Waals surface area contributed by atoms with E-state index in [1.165, 1.54) is 4.57 Å². The molecule has 1 rings (SSSR count). The van der Waals surface area contributed by atoms with Crippen molar-refractivity contribution in [2.24, 2.45) is 5.73 Å². The SMILES string of the molecule is CCn1c(N)c(NCC(N)=O)c(=O)[nH]c1=O. The molecule has 8 nitrogen and oxygen atoms in total. The van der Waals surface area contributed by atoms with Crippen molar-refractivity contribution >= 4 is 17.4 Å². The van der Waals surface area contributed by atoms with Crippen molar-refractivity contribution in [3.8, 4) is 0 Å². The summed E-state index contributed by atoms with van der Waals surface area (Å²) in [5.41, 5.74) is 9.24. The summed E-state index contributed by atoms with van der Waals surface area (Å²) in [5, 5.41) is 2.48. The Bertz CT molecular complexity index is 515. The average molecular weight is 227 g/mol. The van der Waals surface area contributed by atoms with Crippen molar-refractivity contribution < 1.29 is 4.79 Å². The Morgan fingerprint density at radius 1 is 1.50 bits per heavy atom. The number of nitrogens with two attached hydrogens (primary N) is 2. The lowest BCUT2D eigenvalue weighted by Crippen LogP contribution is -2.35. The highest BCUT2D eigenvalue weighted by atomic mass is 16.2. The minimum absolute atomic E-state index is 0.0162. The van der Waals surface area contributed by atoms with Crippen LogP contribution in [0.15, 0.2) is 9.59 Å². The maximum Gasteiger partial charge on any atom is 0.330 e. The van der Waals surface area contributed by atoms with Crippen molar-refractivity contribution in [2.45, 2.75) is 13.5 Å². The van der Waals surface area contributed by atoms with Crippen LogP contribution in [0.5, 0.6) is 0 Å². The highest BCUT2D eigenvalue weighted by Gasteiger charge is 2.11. The van der Waals surface area contributed by atoms with Crippen LogP contribution >= 0.6 is 0 Å². The molecule has 0 saturated heterocycles. The number of carbonyl (C=O) groups is 1. The van der Waals surface area contributed by atoms with Crippen molar-refractivity contribution in [3.05, 3.63) is 20.8 Å². The number of nitrogen functional groups attached to an aromatic ring is 1. The van der Waals surface area contributed by atoms with E-state index in [0.29, 0.717) is 6.54 Å². The van der Waals surface area contributed by atoms with Gasteiger partial charge in [0, 0.05) is 6.54 Å². The normalized spacial score (nSPS) is 10.1. The van der Waals surface area contributed by atoms with Gasteiger partial charge in [-0.3, -0.25) is 19.1 Å².